The van der Waals surface area contributed by atoms with Crippen molar-refractivity contribution in [1.29, 1.82) is 0 Å². The Kier molecular flexibility index (Phi) is 11.9. The molecule has 2 amide bonds. The third-order valence-electron chi connectivity index (χ3n) is 6.38. The van der Waals surface area contributed by atoms with Gasteiger partial charge in [-0.2, -0.15) is 0 Å². The second kappa shape index (κ2) is 14.6. The van der Waals surface area contributed by atoms with E-state index in [1.807, 2.05) is 51.1 Å². The Morgan fingerprint density at radius 3 is 2.22 bits per heavy atom. The third kappa shape index (κ3) is 9.07. The molecule has 0 heterocycles. The van der Waals surface area contributed by atoms with Crippen LogP contribution in [0.3, 0.4) is 0 Å². The third-order valence-corrected chi connectivity index (χ3v) is 7.56. The van der Waals surface area contributed by atoms with Gasteiger partial charge in [-0.25, -0.2) is 8.42 Å². The SMILES string of the molecule is CCC(C)NC(=O)C(CC)N(CCc1ccccc1)C(=O)CCCN(c1ccccc1OC)S(C)(=O)=O. The number of amides is 2. The lowest BCUT2D eigenvalue weighted by molar-refractivity contribution is -0.141. The molecule has 2 unspecified atom stereocenters. The zero-order valence-corrected chi connectivity index (χ0v) is 23.5. The van der Waals surface area contributed by atoms with Crippen LogP contribution in [0.2, 0.25) is 0 Å². The Balaban J connectivity index is 2.19. The number of carbonyl (C=O) groups is 2. The predicted octanol–water partition coefficient (Wildman–Crippen LogP) is 4.01. The highest BCUT2D eigenvalue weighted by Crippen LogP contribution is 2.29. The van der Waals surface area contributed by atoms with Crippen LogP contribution in [0.1, 0.15) is 52.0 Å². The molecule has 0 fully saturated rings. The summed E-state index contributed by atoms with van der Waals surface area (Å²) >= 11 is 0. The second-order valence-electron chi connectivity index (χ2n) is 9.18. The highest BCUT2D eigenvalue weighted by Gasteiger charge is 2.29. The minimum Gasteiger partial charge on any atom is -0.495 e. The summed E-state index contributed by atoms with van der Waals surface area (Å²) in [6.07, 6.45) is 3.46. The zero-order chi connectivity index (χ0) is 27.4. The van der Waals surface area contributed by atoms with E-state index in [0.29, 0.717) is 37.2 Å². The summed E-state index contributed by atoms with van der Waals surface area (Å²) in [5.74, 6) is 0.108. The van der Waals surface area contributed by atoms with E-state index in [2.05, 4.69) is 5.32 Å². The van der Waals surface area contributed by atoms with E-state index in [9.17, 15) is 18.0 Å². The summed E-state index contributed by atoms with van der Waals surface area (Å²) in [5.41, 5.74) is 1.51. The Morgan fingerprint density at radius 1 is 0.973 bits per heavy atom. The molecule has 9 heteroatoms. The summed E-state index contributed by atoms with van der Waals surface area (Å²) in [5, 5.41) is 3.01. The van der Waals surface area contributed by atoms with Crippen molar-refractivity contribution in [1.82, 2.24) is 10.2 Å². The van der Waals surface area contributed by atoms with E-state index < -0.39 is 16.1 Å². The average Bonchev–Trinajstić information content (AvgIpc) is 2.88. The molecule has 37 heavy (non-hydrogen) atoms. The molecular weight excluding hydrogens is 490 g/mol. The van der Waals surface area contributed by atoms with Crippen molar-refractivity contribution in [2.75, 3.05) is 30.8 Å². The molecule has 2 rings (SSSR count). The maximum Gasteiger partial charge on any atom is 0.243 e. The number of carbonyl (C=O) groups excluding carboxylic acids is 2. The highest BCUT2D eigenvalue weighted by molar-refractivity contribution is 7.92. The normalized spacial score (nSPS) is 12.9. The largest absolute Gasteiger partial charge is 0.495 e. The molecule has 2 atom stereocenters. The van der Waals surface area contributed by atoms with Gasteiger partial charge in [0, 0.05) is 25.6 Å². The molecule has 0 aliphatic heterocycles. The molecule has 0 aliphatic carbocycles. The van der Waals surface area contributed by atoms with E-state index >= 15 is 0 Å². The second-order valence-corrected chi connectivity index (χ2v) is 11.1. The zero-order valence-electron chi connectivity index (χ0n) is 22.6. The molecule has 204 valence electrons. The van der Waals surface area contributed by atoms with Gasteiger partial charge < -0.3 is 15.0 Å². The first kappa shape index (κ1) is 30.2. The minimum atomic E-state index is -3.60. The van der Waals surface area contributed by atoms with Gasteiger partial charge in [-0.3, -0.25) is 13.9 Å². The van der Waals surface area contributed by atoms with Gasteiger partial charge in [0.25, 0.3) is 0 Å². The molecule has 0 saturated heterocycles. The van der Waals surface area contributed by atoms with Crippen LogP contribution in [0.5, 0.6) is 5.75 Å². The van der Waals surface area contributed by atoms with Crippen molar-refractivity contribution in [3.8, 4) is 5.75 Å². The molecule has 0 spiro atoms. The lowest BCUT2D eigenvalue weighted by Gasteiger charge is -2.32. The minimum absolute atomic E-state index is 0.0109. The van der Waals surface area contributed by atoms with Crippen LogP contribution < -0.4 is 14.4 Å². The Labute approximate surface area is 222 Å². The molecule has 0 bridgehead atoms. The lowest BCUT2D eigenvalue weighted by Crippen LogP contribution is -2.51. The number of methoxy groups -OCH3 is 1. The van der Waals surface area contributed by atoms with Crippen molar-refractivity contribution in [2.24, 2.45) is 0 Å². The van der Waals surface area contributed by atoms with Crippen LogP contribution in [-0.2, 0) is 26.0 Å². The quantitative estimate of drug-likeness (QED) is 0.375. The number of anilines is 1. The Hall–Kier alpha value is -3.07. The number of rotatable bonds is 15. The van der Waals surface area contributed by atoms with E-state index in [-0.39, 0.29) is 30.8 Å². The van der Waals surface area contributed by atoms with Gasteiger partial charge in [0.1, 0.15) is 11.8 Å². The summed E-state index contributed by atoms with van der Waals surface area (Å²) in [7, 11) is -2.11. The molecular formula is C28H41N3O5S. The maximum absolute atomic E-state index is 13.5. The summed E-state index contributed by atoms with van der Waals surface area (Å²) < 4.78 is 31.7. The fourth-order valence-corrected chi connectivity index (χ4v) is 5.12. The van der Waals surface area contributed by atoms with Gasteiger partial charge in [-0.05, 0) is 50.3 Å². The number of hydrogen-bond donors (Lipinski definition) is 1. The Morgan fingerprint density at radius 2 is 1.62 bits per heavy atom. The number of nitrogens with one attached hydrogen (secondary N) is 1. The molecule has 0 saturated carbocycles. The summed E-state index contributed by atoms with van der Waals surface area (Å²) in [6, 6.07) is 16.2. The fraction of sp³-hybridized carbons (Fsp3) is 0.500. The van der Waals surface area contributed by atoms with Crippen LogP contribution in [-0.4, -0.2) is 63.7 Å². The Bertz CT molecular complexity index is 1110. The van der Waals surface area contributed by atoms with Crippen LogP contribution in [0.4, 0.5) is 5.69 Å². The number of benzene rings is 2. The van der Waals surface area contributed by atoms with Crippen molar-refractivity contribution in [3.63, 3.8) is 0 Å². The number of sulfonamides is 1. The molecule has 0 radical (unpaired) electrons. The molecule has 2 aromatic carbocycles. The summed E-state index contributed by atoms with van der Waals surface area (Å²) in [6.45, 7) is 6.36. The fourth-order valence-electron chi connectivity index (χ4n) is 4.16. The number of ether oxygens (including phenoxy) is 1. The predicted molar refractivity (Wildman–Crippen MR) is 148 cm³/mol. The van der Waals surface area contributed by atoms with Crippen LogP contribution in [0.25, 0.3) is 0 Å². The van der Waals surface area contributed by atoms with Crippen molar-refractivity contribution in [2.45, 2.75) is 65.0 Å². The molecule has 0 aromatic heterocycles. The van der Waals surface area contributed by atoms with E-state index in [4.69, 9.17) is 4.74 Å². The smallest absolute Gasteiger partial charge is 0.243 e. The lowest BCUT2D eigenvalue weighted by atomic mass is 10.1. The molecule has 0 aliphatic rings. The highest BCUT2D eigenvalue weighted by atomic mass is 32.2. The van der Waals surface area contributed by atoms with Gasteiger partial charge in [0.2, 0.25) is 21.8 Å². The average molecular weight is 532 g/mol. The molecule has 1 N–H and O–H groups in total. The van der Waals surface area contributed by atoms with E-state index in [0.717, 1.165) is 18.2 Å². The number of hydrogen-bond acceptors (Lipinski definition) is 5. The van der Waals surface area contributed by atoms with Crippen LogP contribution in [0, 0.1) is 0 Å². The summed E-state index contributed by atoms with van der Waals surface area (Å²) in [4.78, 5) is 28.2. The maximum atomic E-state index is 13.5. The monoisotopic (exact) mass is 531 g/mol. The van der Waals surface area contributed by atoms with Crippen molar-refractivity contribution >= 4 is 27.5 Å². The van der Waals surface area contributed by atoms with E-state index in [1.54, 1.807) is 29.2 Å². The van der Waals surface area contributed by atoms with Gasteiger partial charge in [-0.1, -0.05) is 56.3 Å². The van der Waals surface area contributed by atoms with Crippen molar-refractivity contribution < 1.29 is 22.7 Å². The number of nitrogens with zero attached hydrogens (tertiary/aromatic N) is 2. The van der Waals surface area contributed by atoms with Gasteiger partial charge in [0.05, 0.1) is 19.1 Å². The van der Waals surface area contributed by atoms with Gasteiger partial charge in [-0.15, -0.1) is 0 Å². The molecule has 2 aromatic rings. The first-order chi connectivity index (χ1) is 17.6. The first-order valence-corrected chi connectivity index (χ1v) is 14.7. The standard InChI is InChI=1S/C28H41N3O5S/c1-6-22(3)29-28(33)24(7-2)30(21-19-23-14-9-8-10-15-23)27(32)18-13-20-31(37(5,34)35)25-16-11-12-17-26(25)36-4/h8-12,14-17,22,24H,6-7,13,18-21H2,1-5H3,(H,29,33). The van der Waals surface area contributed by atoms with E-state index in [1.165, 1.54) is 11.4 Å². The van der Waals surface area contributed by atoms with Crippen LogP contribution >= 0.6 is 0 Å². The first-order valence-electron chi connectivity index (χ1n) is 12.9. The van der Waals surface area contributed by atoms with Gasteiger partial charge in [0.15, 0.2) is 0 Å². The topological polar surface area (TPSA) is 96.0 Å². The number of para-hydroxylation sites is 2. The van der Waals surface area contributed by atoms with Crippen LogP contribution in [0.15, 0.2) is 54.6 Å². The van der Waals surface area contributed by atoms with Crippen molar-refractivity contribution in [3.05, 3.63) is 60.2 Å². The molecule has 8 nitrogen and oxygen atoms in total. The van der Waals surface area contributed by atoms with Gasteiger partial charge >= 0.3 is 0 Å².